The van der Waals surface area contributed by atoms with E-state index in [0.29, 0.717) is 32.5 Å². The first-order valence-electron chi connectivity index (χ1n) is 11.0. The molecular weight excluding hydrogens is 576 g/mol. The SMILES string of the molecule is O=C(COc1ccc(Cl)cc1Cl)NCc1nnc(SCC(=O)Nc2ccccc2F)n1-c1cccc(Cl)c1. The second kappa shape index (κ2) is 13.0. The van der Waals surface area contributed by atoms with Crippen molar-refractivity contribution >= 4 is 64.1 Å². The fraction of sp³-hybridized carbons (Fsp3) is 0.120. The van der Waals surface area contributed by atoms with Crippen LogP contribution in [0, 0.1) is 5.82 Å². The Morgan fingerprint density at radius 1 is 0.947 bits per heavy atom. The maximum absolute atomic E-state index is 13.9. The molecule has 4 rings (SSSR count). The molecule has 0 aliphatic rings. The predicted octanol–water partition coefficient (Wildman–Crippen LogP) is 5.79. The lowest BCUT2D eigenvalue weighted by molar-refractivity contribution is -0.123. The van der Waals surface area contributed by atoms with Crippen LogP contribution < -0.4 is 15.4 Å². The maximum atomic E-state index is 13.9. The van der Waals surface area contributed by atoms with Gasteiger partial charge in [0.05, 0.1) is 28.7 Å². The zero-order valence-corrected chi connectivity index (χ0v) is 22.5. The first-order chi connectivity index (χ1) is 18.3. The van der Waals surface area contributed by atoms with E-state index in [-0.39, 0.29) is 29.6 Å². The quantitative estimate of drug-likeness (QED) is 0.226. The van der Waals surface area contributed by atoms with Gasteiger partial charge < -0.3 is 15.4 Å². The number of halogens is 4. The minimum Gasteiger partial charge on any atom is -0.482 e. The van der Waals surface area contributed by atoms with Crippen molar-refractivity contribution in [3.05, 3.63) is 93.4 Å². The van der Waals surface area contributed by atoms with Crippen LogP contribution >= 0.6 is 46.6 Å². The number of hydrogen-bond donors (Lipinski definition) is 2. The number of ether oxygens (including phenoxy) is 1. The lowest BCUT2D eigenvalue weighted by atomic mass is 10.3. The molecule has 1 aromatic heterocycles. The number of nitrogens with zero attached hydrogens (tertiary/aromatic N) is 3. The summed E-state index contributed by atoms with van der Waals surface area (Å²) >= 11 is 19.2. The summed E-state index contributed by atoms with van der Waals surface area (Å²) in [5, 5.41) is 15.2. The maximum Gasteiger partial charge on any atom is 0.258 e. The Morgan fingerprint density at radius 2 is 1.74 bits per heavy atom. The highest BCUT2D eigenvalue weighted by Crippen LogP contribution is 2.27. The Bertz CT molecular complexity index is 1470. The third-order valence-electron chi connectivity index (χ3n) is 4.94. The molecule has 0 aliphatic heterocycles. The smallest absolute Gasteiger partial charge is 0.258 e. The number of benzene rings is 3. The fourth-order valence-corrected chi connectivity index (χ4v) is 4.64. The van der Waals surface area contributed by atoms with Crippen molar-refractivity contribution in [2.45, 2.75) is 11.7 Å². The number of anilines is 1. The number of para-hydroxylation sites is 1. The number of rotatable bonds is 10. The first kappa shape index (κ1) is 27.7. The second-order valence-electron chi connectivity index (χ2n) is 7.67. The molecule has 0 atom stereocenters. The molecule has 2 amide bonds. The van der Waals surface area contributed by atoms with Gasteiger partial charge in [-0.2, -0.15) is 0 Å². The normalized spacial score (nSPS) is 10.7. The van der Waals surface area contributed by atoms with E-state index < -0.39 is 17.6 Å². The third kappa shape index (κ3) is 7.38. The molecule has 8 nitrogen and oxygen atoms in total. The minimum atomic E-state index is -0.534. The summed E-state index contributed by atoms with van der Waals surface area (Å²) in [5.41, 5.74) is 0.716. The number of carbonyl (C=O) groups excluding carboxylic acids is 2. The van der Waals surface area contributed by atoms with E-state index in [1.807, 2.05) is 0 Å². The second-order valence-corrected chi connectivity index (χ2v) is 9.89. The monoisotopic (exact) mass is 593 g/mol. The zero-order valence-electron chi connectivity index (χ0n) is 19.5. The standard InChI is InChI=1S/C25H19Cl3FN5O3S/c26-15-4-3-5-17(10-15)34-22(12-30-23(35)13-37-21-9-8-16(27)11-18(21)28)32-33-25(34)38-14-24(36)31-20-7-2-1-6-19(20)29/h1-11H,12-14H2,(H,30,35)(H,31,36). The molecule has 0 aliphatic carbocycles. The van der Waals surface area contributed by atoms with Gasteiger partial charge in [0.2, 0.25) is 5.91 Å². The molecular formula is C25H19Cl3FN5O3S. The number of aromatic nitrogens is 3. The van der Waals surface area contributed by atoms with Gasteiger partial charge in [-0.25, -0.2) is 4.39 Å². The van der Waals surface area contributed by atoms with Crippen LogP contribution in [0.5, 0.6) is 5.75 Å². The summed E-state index contributed by atoms with van der Waals surface area (Å²) in [6.45, 7) is -0.275. The number of hydrogen-bond acceptors (Lipinski definition) is 6. The van der Waals surface area contributed by atoms with Crippen LogP contribution in [0.25, 0.3) is 5.69 Å². The summed E-state index contributed by atoms with van der Waals surface area (Å²) in [5.74, 6) is -0.727. The van der Waals surface area contributed by atoms with Gasteiger partial charge >= 0.3 is 0 Å². The van der Waals surface area contributed by atoms with Crippen LogP contribution in [-0.2, 0) is 16.1 Å². The molecule has 1 heterocycles. The van der Waals surface area contributed by atoms with Gasteiger partial charge in [0.15, 0.2) is 17.6 Å². The zero-order chi connectivity index (χ0) is 27.1. The summed E-state index contributed by atoms with van der Waals surface area (Å²) in [6, 6.07) is 17.5. The molecule has 196 valence electrons. The summed E-state index contributed by atoms with van der Waals surface area (Å²) < 4.78 is 21.0. The average Bonchev–Trinajstić information content (AvgIpc) is 3.30. The van der Waals surface area contributed by atoms with E-state index >= 15 is 0 Å². The van der Waals surface area contributed by atoms with Gasteiger partial charge in [0, 0.05) is 10.0 Å². The molecule has 0 spiro atoms. The molecule has 0 saturated carbocycles. The van der Waals surface area contributed by atoms with Gasteiger partial charge in [-0.1, -0.05) is 64.8 Å². The highest BCUT2D eigenvalue weighted by molar-refractivity contribution is 7.99. The van der Waals surface area contributed by atoms with Crippen molar-refractivity contribution in [2.75, 3.05) is 17.7 Å². The van der Waals surface area contributed by atoms with E-state index in [4.69, 9.17) is 39.5 Å². The number of carbonyl (C=O) groups is 2. The van der Waals surface area contributed by atoms with Crippen LogP contribution in [0.2, 0.25) is 15.1 Å². The summed E-state index contributed by atoms with van der Waals surface area (Å²) in [6.07, 6.45) is 0. The van der Waals surface area contributed by atoms with Gasteiger partial charge in [-0.3, -0.25) is 14.2 Å². The molecule has 2 N–H and O–H groups in total. The number of thioether (sulfide) groups is 1. The van der Waals surface area contributed by atoms with Crippen molar-refractivity contribution in [3.8, 4) is 11.4 Å². The lowest BCUT2D eigenvalue weighted by Gasteiger charge is -2.12. The van der Waals surface area contributed by atoms with Crippen molar-refractivity contribution in [3.63, 3.8) is 0 Å². The van der Waals surface area contributed by atoms with Crippen molar-refractivity contribution in [1.29, 1.82) is 0 Å². The highest BCUT2D eigenvalue weighted by Gasteiger charge is 2.18. The summed E-state index contributed by atoms with van der Waals surface area (Å²) in [7, 11) is 0. The largest absolute Gasteiger partial charge is 0.482 e. The third-order valence-corrected chi connectivity index (χ3v) is 6.64. The number of amides is 2. The molecule has 0 fully saturated rings. The van der Waals surface area contributed by atoms with Gasteiger partial charge in [-0.15, -0.1) is 10.2 Å². The molecule has 4 aromatic rings. The Hall–Kier alpha value is -3.31. The van der Waals surface area contributed by atoms with E-state index in [1.54, 1.807) is 47.0 Å². The first-order valence-corrected chi connectivity index (χ1v) is 13.1. The van der Waals surface area contributed by atoms with Gasteiger partial charge in [-0.05, 0) is 48.5 Å². The molecule has 0 radical (unpaired) electrons. The minimum absolute atomic E-state index is 0.0119. The summed E-state index contributed by atoms with van der Waals surface area (Å²) in [4.78, 5) is 24.8. The molecule has 38 heavy (non-hydrogen) atoms. The van der Waals surface area contributed by atoms with E-state index in [9.17, 15) is 14.0 Å². The van der Waals surface area contributed by atoms with Crippen LogP contribution in [0.15, 0.2) is 71.9 Å². The molecule has 0 unspecified atom stereocenters. The van der Waals surface area contributed by atoms with E-state index in [1.165, 1.54) is 24.3 Å². The lowest BCUT2D eigenvalue weighted by Crippen LogP contribution is -2.29. The Labute approximate surface area is 236 Å². The molecule has 3 aromatic carbocycles. The fourth-order valence-electron chi connectivity index (χ4n) is 3.23. The Balaban J connectivity index is 1.43. The topological polar surface area (TPSA) is 98.1 Å². The molecule has 0 bridgehead atoms. The van der Waals surface area contributed by atoms with Gasteiger partial charge in [0.1, 0.15) is 11.6 Å². The number of nitrogens with one attached hydrogen (secondary N) is 2. The van der Waals surface area contributed by atoms with Crippen molar-refractivity contribution < 1.29 is 18.7 Å². The average molecular weight is 595 g/mol. The van der Waals surface area contributed by atoms with Crippen LogP contribution in [0.3, 0.4) is 0 Å². The Kier molecular flexibility index (Phi) is 9.46. The van der Waals surface area contributed by atoms with Crippen molar-refractivity contribution in [1.82, 2.24) is 20.1 Å². The highest BCUT2D eigenvalue weighted by atomic mass is 35.5. The van der Waals surface area contributed by atoms with E-state index in [0.717, 1.165) is 11.8 Å². The van der Waals surface area contributed by atoms with Crippen LogP contribution in [-0.4, -0.2) is 38.9 Å². The molecule has 13 heteroatoms. The van der Waals surface area contributed by atoms with Gasteiger partial charge in [0.25, 0.3) is 5.91 Å². The van der Waals surface area contributed by atoms with Crippen LogP contribution in [0.1, 0.15) is 5.82 Å². The van der Waals surface area contributed by atoms with E-state index in [2.05, 4.69) is 20.8 Å². The van der Waals surface area contributed by atoms with Crippen molar-refractivity contribution in [2.24, 2.45) is 0 Å². The van der Waals surface area contributed by atoms with Crippen LogP contribution in [0.4, 0.5) is 10.1 Å². The predicted molar refractivity (Wildman–Crippen MR) is 146 cm³/mol. The Morgan fingerprint density at radius 3 is 2.50 bits per heavy atom. The molecule has 0 saturated heterocycles.